The molecule has 10 heavy (non-hydrogen) atoms. The zero-order chi connectivity index (χ0) is 7.56. The molecule has 58 valence electrons. The van der Waals surface area contributed by atoms with Crippen LogP contribution in [0.5, 0.6) is 0 Å². The first-order valence-electron chi connectivity index (χ1n) is 3.63. The van der Waals surface area contributed by atoms with Crippen LogP contribution in [-0.2, 0) is 4.74 Å². The molecule has 0 radical (unpaired) electrons. The van der Waals surface area contributed by atoms with Gasteiger partial charge < -0.3 is 10.5 Å². The number of nitrogens with two attached hydrogens (primary N) is 1. The highest BCUT2D eigenvalue weighted by Gasteiger charge is 2.20. The molecule has 0 aromatic heterocycles. The van der Waals surface area contributed by atoms with Crippen LogP contribution >= 0.6 is 0 Å². The Balaban J connectivity index is 2.47. The monoisotopic (exact) mass is 142 g/mol. The second-order valence-electron chi connectivity index (χ2n) is 2.85. The molecule has 0 bridgehead atoms. The van der Waals surface area contributed by atoms with Gasteiger partial charge in [-0.05, 0) is 5.92 Å². The first-order valence-corrected chi connectivity index (χ1v) is 3.63. The number of aliphatic imine (C=N–C) groups is 1. The van der Waals surface area contributed by atoms with E-state index < -0.39 is 0 Å². The van der Waals surface area contributed by atoms with Gasteiger partial charge >= 0.3 is 0 Å². The molecule has 3 heteroatoms. The molecule has 1 unspecified atom stereocenters. The summed E-state index contributed by atoms with van der Waals surface area (Å²) in [4.78, 5) is 4.28. The minimum Gasteiger partial charge on any atom is -0.478 e. The van der Waals surface area contributed by atoms with E-state index in [1.165, 1.54) is 0 Å². The number of nitrogens with zero attached hydrogens (tertiary/aromatic N) is 1. The maximum atomic E-state index is 5.34. The van der Waals surface area contributed by atoms with Gasteiger partial charge in [0.25, 0.3) is 0 Å². The summed E-state index contributed by atoms with van der Waals surface area (Å²) in [5, 5.41) is 0. The summed E-state index contributed by atoms with van der Waals surface area (Å²) in [5.41, 5.74) is 5.34. The summed E-state index contributed by atoms with van der Waals surface area (Å²) in [5.74, 6) is 1.27. The molecule has 0 saturated heterocycles. The Morgan fingerprint density at radius 3 is 2.80 bits per heavy atom. The summed E-state index contributed by atoms with van der Waals surface area (Å²) in [6, 6.07) is 0.332. The molecule has 0 spiro atoms. The van der Waals surface area contributed by atoms with Crippen molar-refractivity contribution in [1.82, 2.24) is 0 Å². The van der Waals surface area contributed by atoms with Crippen LogP contribution in [0.3, 0.4) is 0 Å². The molecule has 0 aliphatic carbocycles. The number of ether oxygens (including phenoxy) is 1. The SMILES string of the molecule is CC(C)C1COC(CN)=N1. The normalized spacial score (nSPS) is 24.8. The van der Waals surface area contributed by atoms with Gasteiger partial charge in [0, 0.05) is 0 Å². The first kappa shape index (κ1) is 7.54. The second-order valence-corrected chi connectivity index (χ2v) is 2.85. The lowest BCUT2D eigenvalue weighted by Crippen LogP contribution is -2.14. The molecule has 2 N–H and O–H groups in total. The standard InChI is InChI=1S/C7H14N2O/c1-5(2)6-4-10-7(3-8)9-6/h5-6H,3-4,8H2,1-2H3. The van der Waals surface area contributed by atoms with Gasteiger partial charge in [-0.1, -0.05) is 13.8 Å². The van der Waals surface area contributed by atoms with Crippen molar-refractivity contribution in [2.75, 3.05) is 13.2 Å². The van der Waals surface area contributed by atoms with E-state index in [1.54, 1.807) is 0 Å². The van der Waals surface area contributed by atoms with Crippen LogP contribution < -0.4 is 5.73 Å². The first-order chi connectivity index (χ1) is 4.74. The molecule has 1 aliphatic rings. The lowest BCUT2D eigenvalue weighted by molar-refractivity contribution is 0.288. The van der Waals surface area contributed by atoms with Crippen LogP contribution in [0, 0.1) is 5.92 Å². The van der Waals surface area contributed by atoms with Crippen LogP contribution in [-0.4, -0.2) is 25.1 Å². The van der Waals surface area contributed by atoms with Gasteiger partial charge in [-0.3, -0.25) is 0 Å². The van der Waals surface area contributed by atoms with E-state index in [0.29, 0.717) is 31.0 Å². The van der Waals surface area contributed by atoms with E-state index >= 15 is 0 Å². The van der Waals surface area contributed by atoms with Gasteiger partial charge in [0.05, 0.1) is 12.6 Å². The zero-order valence-corrected chi connectivity index (χ0v) is 6.50. The summed E-state index contributed by atoms with van der Waals surface area (Å²) < 4.78 is 5.20. The molecule has 0 aromatic carbocycles. The molecule has 0 fully saturated rings. The minimum atomic E-state index is 0.332. The molecule has 0 saturated carbocycles. The van der Waals surface area contributed by atoms with Crippen molar-refractivity contribution in [2.45, 2.75) is 19.9 Å². The summed E-state index contributed by atoms with van der Waals surface area (Å²) in [6.45, 7) is 5.42. The Morgan fingerprint density at radius 1 is 1.80 bits per heavy atom. The Hall–Kier alpha value is -0.570. The van der Waals surface area contributed by atoms with E-state index in [2.05, 4.69) is 18.8 Å². The van der Waals surface area contributed by atoms with Crippen molar-refractivity contribution < 1.29 is 4.74 Å². The smallest absolute Gasteiger partial charge is 0.197 e. The lowest BCUT2D eigenvalue weighted by atomic mass is 10.1. The van der Waals surface area contributed by atoms with Gasteiger partial charge in [-0.25, -0.2) is 4.99 Å². The van der Waals surface area contributed by atoms with E-state index in [4.69, 9.17) is 10.5 Å². The zero-order valence-electron chi connectivity index (χ0n) is 6.50. The maximum absolute atomic E-state index is 5.34. The fourth-order valence-corrected chi connectivity index (χ4v) is 0.894. The van der Waals surface area contributed by atoms with Crippen molar-refractivity contribution in [2.24, 2.45) is 16.6 Å². The average Bonchev–Trinajstić information content (AvgIpc) is 2.34. The van der Waals surface area contributed by atoms with E-state index in [0.717, 1.165) is 0 Å². The topological polar surface area (TPSA) is 47.6 Å². The van der Waals surface area contributed by atoms with Crippen LogP contribution in [0.4, 0.5) is 0 Å². The second kappa shape index (κ2) is 3.01. The van der Waals surface area contributed by atoms with Gasteiger partial charge in [-0.2, -0.15) is 0 Å². The van der Waals surface area contributed by atoms with Crippen LogP contribution in [0.25, 0.3) is 0 Å². The lowest BCUT2D eigenvalue weighted by Gasteiger charge is -2.06. The highest BCUT2D eigenvalue weighted by molar-refractivity contribution is 5.79. The fourth-order valence-electron chi connectivity index (χ4n) is 0.894. The van der Waals surface area contributed by atoms with E-state index in [1.807, 2.05) is 0 Å². The average molecular weight is 142 g/mol. The van der Waals surface area contributed by atoms with Crippen molar-refractivity contribution in [3.8, 4) is 0 Å². The predicted octanol–water partition coefficient (Wildman–Crippen LogP) is 0.398. The van der Waals surface area contributed by atoms with Gasteiger partial charge in [0.15, 0.2) is 5.90 Å². The Morgan fingerprint density at radius 2 is 2.50 bits per heavy atom. The van der Waals surface area contributed by atoms with Crippen molar-refractivity contribution in [3.63, 3.8) is 0 Å². The molecule has 3 nitrogen and oxygen atoms in total. The Labute approximate surface area is 61.3 Å². The van der Waals surface area contributed by atoms with Crippen LogP contribution in [0.1, 0.15) is 13.8 Å². The number of hydrogen-bond acceptors (Lipinski definition) is 3. The third-order valence-corrected chi connectivity index (χ3v) is 1.67. The molecule has 0 amide bonds. The number of hydrogen-bond donors (Lipinski definition) is 1. The van der Waals surface area contributed by atoms with Crippen molar-refractivity contribution >= 4 is 5.90 Å². The fraction of sp³-hybridized carbons (Fsp3) is 0.857. The van der Waals surface area contributed by atoms with Gasteiger partial charge in [0.2, 0.25) is 0 Å². The highest BCUT2D eigenvalue weighted by atomic mass is 16.5. The predicted molar refractivity (Wildman–Crippen MR) is 41.1 cm³/mol. The van der Waals surface area contributed by atoms with Crippen LogP contribution in [0.2, 0.25) is 0 Å². The van der Waals surface area contributed by atoms with Crippen molar-refractivity contribution in [1.29, 1.82) is 0 Å². The molecular weight excluding hydrogens is 128 g/mol. The van der Waals surface area contributed by atoms with Gasteiger partial charge in [-0.15, -0.1) is 0 Å². The molecule has 1 atom stereocenters. The maximum Gasteiger partial charge on any atom is 0.197 e. The minimum absolute atomic E-state index is 0.332. The van der Waals surface area contributed by atoms with Crippen molar-refractivity contribution in [3.05, 3.63) is 0 Å². The highest BCUT2D eigenvalue weighted by Crippen LogP contribution is 2.12. The van der Waals surface area contributed by atoms with Gasteiger partial charge in [0.1, 0.15) is 6.61 Å². The summed E-state index contributed by atoms with van der Waals surface area (Å²) >= 11 is 0. The quantitative estimate of drug-likeness (QED) is 0.606. The Bertz CT molecular complexity index is 143. The van der Waals surface area contributed by atoms with Crippen LogP contribution in [0.15, 0.2) is 4.99 Å². The summed E-state index contributed by atoms with van der Waals surface area (Å²) in [7, 11) is 0. The van der Waals surface area contributed by atoms with E-state index in [-0.39, 0.29) is 0 Å². The third kappa shape index (κ3) is 1.48. The summed E-state index contributed by atoms with van der Waals surface area (Å²) in [6.07, 6.45) is 0. The molecule has 1 aliphatic heterocycles. The number of rotatable bonds is 2. The largest absolute Gasteiger partial charge is 0.478 e. The Kier molecular flexibility index (Phi) is 2.27. The molecular formula is C7H14N2O. The molecule has 1 rings (SSSR count). The molecule has 1 heterocycles. The van der Waals surface area contributed by atoms with E-state index in [9.17, 15) is 0 Å². The molecule has 0 aromatic rings. The third-order valence-electron chi connectivity index (χ3n) is 1.67.